The van der Waals surface area contributed by atoms with Crippen molar-refractivity contribution in [3.63, 3.8) is 0 Å². The maximum Gasteiger partial charge on any atom is 0.278 e. The van der Waals surface area contributed by atoms with Crippen LogP contribution in [0.3, 0.4) is 0 Å². The molecule has 160 valence electrons. The number of benzene rings is 2. The topological polar surface area (TPSA) is 169 Å². The number of hydrogen-bond donors (Lipinski definition) is 2. The third kappa shape index (κ3) is 7.45. The minimum Gasteiger partial charge on any atom is -0.273 e. The van der Waals surface area contributed by atoms with Crippen LogP contribution in [0.15, 0.2) is 58.7 Å². The zero-order valence-corrected chi connectivity index (χ0v) is 16.1. The molecule has 0 heterocycles. The standard InChI is InChI=1S/C19H18N6O6/c26-18(22-20-12-14-6-1-3-8-16(14)24(28)29)10-5-11-19(27)23-21-13-15-7-2-4-9-17(15)25(30)31/h1-4,6-9,12-13H,5,10-11H2,(H,22,26)(H,23,27). The van der Waals surface area contributed by atoms with Gasteiger partial charge >= 0.3 is 0 Å². The Hall–Kier alpha value is -4.48. The Balaban J connectivity index is 1.73. The Morgan fingerprint density at radius 3 is 1.55 bits per heavy atom. The SMILES string of the molecule is O=C(CCCC(=O)NN=Cc1ccccc1[N+](=O)[O-])NN=Cc1ccccc1[N+](=O)[O-]. The first-order chi connectivity index (χ1) is 14.9. The molecule has 2 aromatic carbocycles. The first kappa shape index (κ1) is 22.8. The van der Waals surface area contributed by atoms with Crippen molar-refractivity contribution in [2.45, 2.75) is 19.3 Å². The highest BCUT2D eigenvalue weighted by Crippen LogP contribution is 2.15. The molecule has 12 heteroatoms. The highest BCUT2D eigenvalue weighted by atomic mass is 16.6. The van der Waals surface area contributed by atoms with E-state index in [4.69, 9.17) is 0 Å². The van der Waals surface area contributed by atoms with Crippen LogP contribution in [0.5, 0.6) is 0 Å². The first-order valence-corrected chi connectivity index (χ1v) is 8.99. The van der Waals surface area contributed by atoms with Crippen LogP contribution >= 0.6 is 0 Å². The predicted molar refractivity (Wildman–Crippen MR) is 112 cm³/mol. The summed E-state index contributed by atoms with van der Waals surface area (Å²) in [6.07, 6.45) is 2.53. The van der Waals surface area contributed by atoms with Crippen molar-refractivity contribution < 1.29 is 19.4 Å². The van der Waals surface area contributed by atoms with Gasteiger partial charge in [-0.05, 0) is 18.6 Å². The van der Waals surface area contributed by atoms with Gasteiger partial charge in [0.15, 0.2) is 0 Å². The Morgan fingerprint density at radius 1 is 0.774 bits per heavy atom. The van der Waals surface area contributed by atoms with Crippen LogP contribution in [0.2, 0.25) is 0 Å². The lowest BCUT2D eigenvalue weighted by Crippen LogP contribution is -2.20. The van der Waals surface area contributed by atoms with Crippen molar-refractivity contribution in [1.29, 1.82) is 0 Å². The number of nitro groups is 2. The van der Waals surface area contributed by atoms with E-state index < -0.39 is 21.7 Å². The summed E-state index contributed by atoms with van der Waals surface area (Å²) in [6, 6.07) is 11.9. The van der Waals surface area contributed by atoms with E-state index >= 15 is 0 Å². The van der Waals surface area contributed by atoms with Gasteiger partial charge in [-0.1, -0.05) is 24.3 Å². The Morgan fingerprint density at radius 2 is 1.16 bits per heavy atom. The average Bonchev–Trinajstić information content (AvgIpc) is 2.74. The van der Waals surface area contributed by atoms with E-state index in [1.807, 2.05) is 0 Å². The first-order valence-electron chi connectivity index (χ1n) is 8.99. The average molecular weight is 426 g/mol. The quantitative estimate of drug-likeness (QED) is 0.335. The number of amides is 2. The molecule has 0 saturated carbocycles. The lowest BCUT2D eigenvalue weighted by Gasteiger charge is -2.01. The van der Waals surface area contributed by atoms with Crippen molar-refractivity contribution in [2.75, 3.05) is 0 Å². The molecule has 2 amide bonds. The zero-order chi connectivity index (χ0) is 22.6. The van der Waals surface area contributed by atoms with Crippen molar-refractivity contribution in [3.05, 3.63) is 79.9 Å². The number of hydrogen-bond acceptors (Lipinski definition) is 8. The molecule has 2 N–H and O–H groups in total. The Kier molecular flexibility index (Phi) is 8.46. The number of hydrazone groups is 2. The van der Waals surface area contributed by atoms with Crippen LogP contribution in [0, 0.1) is 20.2 Å². The van der Waals surface area contributed by atoms with Crippen LogP contribution < -0.4 is 10.9 Å². The normalized spacial score (nSPS) is 10.8. The van der Waals surface area contributed by atoms with Gasteiger partial charge in [0.25, 0.3) is 11.4 Å². The summed E-state index contributed by atoms with van der Waals surface area (Å²) < 4.78 is 0. The molecule has 0 aliphatic heterocycles. The van der Waals surface area contributed by atoms with Crippen molar-refractivity contribution in [2.24, 2.45) is 10.2 Å². The van der Waals surface area contributed by atoms with Gasteiger partial charge in [-0.15, -0.1) is 0 Å². The lowest BCUT2D eigenvalue weighted by molar-refractivity contribution is -0.385. The largest absolute Gasteiger partial charge is 0.278 e. The molecule has 0 aliphatic carbocycles. The molecule has 0 atom stereocenters. The van der Waals surface area contributed by atoms with Crippen LogP contribution in [0.4, 0.5) is 11.4 Å². The van der Waals surface area contributed by atoms with Crippen LogP contribution in [-0.4, -0.2) is 34.1 Å². The molecular weight excluding hydrogens is 408 g/mol. The molecule has 12 nitrogen and oxygen atoms in total. The van der Waals surface area contributed by atoms with E-state index in [1.165, 1.54) is 48.8 Å². The second kappa shape index (κ2) is 11.5. The van der Waals surface area contributed by atoms with E-state index in [2.05, 4.69) is 21.1 Å². The fourth-order valence-corrected chi connectivity index (χ4v) is 2.39. The summed E-state index contributed by atoms with van der Waals surface area (Å²) in [4.78, 5) is 44.2. The zero-order valence-electron chi connectivity index (χ0n) is 16.1. The van der Waals surface area contributed by atoms with Crippen LogP contribution in [0.1, 0.15) is 30.4 Å². The monoisotopic (exact) mass is 426 g/mol. The second-order valence-electron chi connectivity index (χ2n) is 6.07. The number of nitrogens with zero attached hydrogens (tertiary/aromatic N) is 4. The molecule has 0 spiro atoms. The van der Waals surface area contributed by atoms with Crippen LogP contribution in [0.25, 0.3) is 0 Å². The summed E-state index contributed by atoms with van der Waals surface area (Å²) in [7, 11) is 0. The molecule has 0 aromatic heterocycles. The molecule has 2 rings (SSSR count). The maximum absolute atomic E-state index is 11.8. The van der Waals surface area contributed by atoms with Gasteiger partial charge < -0.3 is 0 Å². The van der Waals surface area contributed by atoms with Crippen molar-refractivity contribution in [1.82, 2.24) is 10.9 Å². The lowest BCUT2D eigenvalue weighted by atomic mass is 10.2. The molecule has 0 saturated heterocycles. The summed E-state index contributed by atoms with van der Waals surface area (Å²) in [6.45, 7) is 0. The molecule has 0 unspecified atom stereocenters. The van der Waals surface area contributed by atoms with Gasteiger partial charge in [-0.2, -0.15) is 10.2 Å². The molecule has 31 heavy (non-hydrogen) atoms. The maximum atomic E-state index is 11.8. The second-order valence-corrected chi connectivity index (χ2v) is 6.07. The van der Waals surface area contributed by atoms with Gasteiger partial charge in [-0.25, -0.2) is 10.9 Å². The van der Waals surface area contributed by atoms with Gasteiger partial charge in [0.2, 0.25) is 11.8 Å². The van der Waals surface area contributed by atoms with Gasteiger partial charge in [-0.3, -0.25) is 29.8 Å². The summed E-state index contributed by atoms with van der Waals surface area (Å²) >= 11 is 0. The number of para-hydroxylation sites is 2. The number of carbonyl (C=O) groups excluding carboxylic acids is 2. The number of nitro benzene ring substituents is 2. The van der Waals surface area contributed by atoms with E-state index in [0.717, 1.165) is 0 Å². The highest BCUT2D eigenvalue weighted by molar-refractivity contribution is 5.87. The highest BCUT2D eigenvalue weighted by Gasteiger charge is 2.11. The minimum absolute atomic E-state index is 0.00445. The third-order valence-electron chi connectivity index (χ3n) is 3.86. The van der Waals surface area contributed by atoms with E-state index in [1.54, 1.807) is 12.1 Å². The predicted octanol–water partition coefficient (Wildman–Crippen LogP) is 2.27. The molecule has 0 radical (unpaired) electrons. The van der Waals surface area contributed by atoms with Crippen LogP contribution in [-0.2, 0) is 9.59 Å². The van der Waals surface area contributed by atoms with Gasteiger partial charge in [0, 0.05) is 25.0 Å². The van der Waals surface area contributed by atoms with Crippen molar-refractivity contribution >= 4 is 35.6 Å². The van der Waals surface area contributed by atoms with E-state index in [9.17, 15) is 29.8 Å². The number of carbonyl (C=O) groups is 2. The summed E-state index contributed by atoms with van der Waals surface area (Å²) in [5, 5.41) is 29.2. The fraction of sp³-hybridized carbons (Fsp3) is 0.158. The number of rotatable bonds is 10. The molecule has 2 aromatic rings. The fourth-order valence-electron chi connectivity index (χ4n) is 2.39. The molecule has 0 aliphatic rings. The van der Waals surface area contributed by atoms with Gasteiger partial charge in [0.05, 0.1) is 33.4 Å². The number of nitrogens with one attached hydrogen (secondary N) is 2. The summed E-state index contributed by atoms with van der Waals surface area (Å²) in [5.41, 5.74) is 4.67. The van der Waals surface area contributed by atoms with E-state index in [0.29, 0.717) is 0 Å². The Labute approximate surface area is 176 Å². The minimum atomic E-state index is -0.555. The van der Waals surface area contributed by atoms with Gasteiger partial charge in [0.1, 0.15) is 0 Å². The van der Waals surface area contributed by atoms with E-state index in [-0.39, 0.29) is 41.8 Å². The molecular formula is C19H18N6O6. The Bertz CT molecular complexity index is 955. The van der Waals surface area contributed by atoms with Crippen molar-refractivity contribution in [3.8, 4) is 0 Å². The smallest absolute Gasteiger partial charge is 0.273 e. The third-order valence-corrected chi connectivity index (χ3v) is 3.86. The molecule has 0 bridgehead atoms. The summed E-state index contributed by atoms with van der Waals surface area (Å²) in [5.74, 6) is -0.933. The molecule has 0 fully saturated rings.